The maximum absolute atomic E-state index is 12.4. The molecule has 4 aromatic carbocycles. The smallest absolute Gasteiger partial charge is 0.343 e. The molecule has 0 atom stereocenters. The molecule has 2 N–H and O–H groups in total. The summed E-state index contributed by atoms with van der Waals surface area (Å²) < 4.78 is 12.3. The molecule has 2 amide bonds. The third-order valence-electron chi connectivity index (χ3n) is 5.47. The molecule has 0 spiro atoms. The molecular formula is C31H22Br2N4O6. The highest BCUT2D eigenvalue weighted by atomic mass is 79.9. The molecule has 0 heterocycles. The minimum Gasteiger partial charge on any atom is -0.422 e. The highest BCUT2D eigenvalue weighted by Crippen LogP contribution is 2.24. The van der Waals surface area contributed by atoms with E-state index in [2.05, 4.69) is 52.9 Å². The van der Waals surface area contributed by atoms with Crippen LogP contribution in [0.5, 0.6) is 11.5 Å². The topological polar surface area (TPSA) is 136 Å². The van der Waals surface area contributed by atoms with Gasteiger partial charge in [-0.3, -0.25) is 9.59 Å². The predicted molar refractivity (Wildman–Crippen MR) is 167 cm³/mol. The number of esters is 2. The van der Waals surface area contributed by atoms with Crippen LogP contribution in [0.4, 0.5) is 0 Å². The van der Waals surface area contributed by atoms with Crippen LogP contribution in [0.25, 0.3) is 0 Å². The van der Waals surface area contributed by atoms with E-state index in [-0.39, 0.29) is 11.5 Å². The first-order valence-corrected chi connectivity index (χ1v) is 14.1. The lowest BCUT2D eigenvalue weighted by Gasteiger charge is -2.08. The molecule has 0 saturated heterocycles. The Bertz CT molecular complexity index is 1570. The monoisotopic (exact) mass is 704 g/mol. The first-order valence-electron chi connectivity index (χ1n) is 12.6. The molecule has 4 rings (SSSR count). The molecule has 0 saturated carbocycles. The van der Waals surface area contributed by atoms with Crippen LogP contribution in [0.15, 0.2) is 116 Å². The van der Waals surface area contributed by atoms with Gasteiger partial charge in [-0.05, 0) is 60.7 Å². The van der Waals surface area contributed by atoms with Gasteiger partial charge in [0, 0.05) is 20.1 Å². The summed E-state index contributed by atoms with van der Waals surface area (Å²) in [5.41, 5.74) is 6.07. The number of carbonyl (C=O) groups is 4. The Labute approximate surface area is 263 Å². The number of hydrogen-bond acceptors (Lipinski definition) is 8. The van der Waals surface area contributed by atoms with E-state index in [4.69, 9.17) is 9.47 Å². The van der Waals surface area contributed by atoms with Crippen LogP contribution < -0.4 is 20.3 Å². The summed E-state index contributed by atoms with van der Waals surface area (Å²) in [6.07, 6.45) is 2.01. The van der Waals surface area contributed by atoms with Crippen LogP contribution in [-0.4, -0.2) is 36.2 Å². The van der Waals surface area contributed by atoms with Crippen molar-refractivity contribution in [1.82, 2.24) is 10.9 Å². The fourth-order valence-corrected chi connectivity index (χ4v) is 4.22. The molecule has 0 aliphatic carbocycles. The first kappa shape index (κ1) is 31.0. The number of nitrogens with zero attached hydrogens (tertiary/aromatic N) is 2. The molecule has 0 bridgehead atoms. The molecule has 0 aliphatic heterocycles. The van der Waals surface area contributed by atoms with Crippen molar-refractivity contribution in [3.8, 4) is 11.5 Å². The van der Waals surface area contributed by atoms with Gasteiger partial charge in [0.25, 0.3) is 0 Å². The SMILES string of the molecule is O=C(CC(=O)N/N=C/c1cc(Br)ccc1OC(=O)c1ccccc1)NN=Cc1cc(Br)ccc1OC(=O)c1ccccc1. The maximum Gasteiger partial charge on any atom is 0.343 e. The average molecular weight is 706 g/mol. The Morgan fingerprint density at radius 1 is 0.605 bits per heavy atom. The molecule has 4 aromatic rings. The fourth-order valence-electron chi connectivity index (χ4n) is 3.46. The zero-order chi connectivity index (χ0) is 30.6. The van der Waals surface area contributed by atoms with Crippen LogP contribution in [0.1, 0.15) is 38.3 Å². The van der Waals surface area contributed by atoms with Crippen molar-refractivity contribution in [2.45, 2.75) is 6.42 Å². The highest BCUT2D eigenvalue weighted by molar-refractivity contribution is 9.10. The molecule has 12 heteroatoms. The molecule has 0 aliphatic rings. The first-order chi connectivity index (χ1) is 20.8. The number of amides is 2. The van der Waals surface area contributed by atoms with E-state index >= 15 is 0 Å². The second kappa shape index (κ2) is 15.3. The summed E-state index contributed by atoms with van der Waals surface area (Å²) in [6.45, 7) is 0. The zero-order valence-electron chi connectivity index (χ0n) is 22.2. The van der Waals surface area contributed by atoms with Gasteiger partial charge in [0.1, 0.15) is 17.9 Å². The molecular weight excluding hydrogens is 684 g/mol. The number of nitrogens with one attached hydrogen (secondary N) is 2. The maximum atomic E-state index is 12.4. The summed E-state index contributed by atoms with van der Waals surface area (Å²) >= 11 is 6.70. The van der Waals surface area contributed by atoms with Crippen molar-refractivity contribution in [2.75, 3.05) is 0 Å². The minimum atomic E-state index is -0.707. The lowest BCUT2D eigenvalue weighted by Crippen LogP contribution is -2.27. The normalized spacial score (nSPS) is 10.8. The molecule has 0 aromatic heterocycles. The van der Waals surface area contributed by atoms with Gasteiger partial charge in [-0.1, -0.05) is 68.3 Å². The van der Waals surface area contributed by atoms with E-state index < -0.39 is 30.2 Å². The number of ether oxygens (including phenoxy) is 2. The van der Waals surface area contributed by atoms with Crippen molar-refractivity contribution in [2.24, 2.45) is 10.2 Å². The molecule has 216 valence electrons. The van der Waals surface area contributed by atoms with Crippen LogP contribution in [0.2, 0.25) is 0 Å². The molecule has 0 radical (unpaired) electrons. The minimum absolute atomic E-state index is 0.225. The largest absolute Gasteiger partial charge is 0.422 e. The van der Waals surface area contributed by atoms with E-state index in [1.807, 2.05) is 0 Å². The van der Waals surface area contributed by atoms with E-state index in [1.54, 1.807) is 97.1 Å². The highest BCUT2D eigenvalue weighted by Gasteiger charge is 2.13. The van der Waals surface area contributed by atoms with E-state index in [0.717, 1.165) is 0 Å². The summed E-state index contributed by atoms with van der Waals surface area (Å²) in [7, 11) is 0. The van der Waals surface area contributed by atoms with Crippen LogP contribution in [-0.2, 0) is 9.59 Å². The van der Waals surface area contributed by atoms with Gasteiger partial charge in [0.15, 0.2) is 0 Å². The quantitative estimate of drug-likeness (QED) is 0.0721. The Kier molecular flexibility index (Phi) is 11.1. The van der Waals surface area contributed by atoms with Gasteiger partial charge in [0.05, 0.1) is 23.6 Å². The van der Waals surface area contributed by atoms with E-state index in [0.29, 0.717) is 31.2 Å². The molecule has 0 unspecified atom stereocenters. The van der Waals surface area contributed by atoms with Crippen LogP contribution >= 0.6 is 31.9 Å². The lowest BCUT2D eigenvalue weighted by atomic mass is 10.2. The Morgan fingerprint density at radius 3 is 1.40 bits per heavy atom. The van der Waals surface area contributed by atoms with Crippen LogP contribution in [0, 0.1) is 0 Å². The summed E-state index contributed by atoms with van der Waals surface area (Å²) in [5.74, 6) is -2.07. The van der Waals surface area contributed by atoms with Gasteiger partial charge in [0.2, 0.25) is 11.8 Å². The van der Waals surface area contributed by atoms with Gasteiger partial charge in [-0.15, -0.1) is 0 Å². The van der Waals surface area contributed by atoms with Crippen molar-refractivity contribution in [3.05, 3.63) is 128 Å². The number of carbonyl (C=O) groups excluding carboxylic acids is 4. The van der Waals surface area contributed by atoms with Crippen molar-refractivity contribution in [3.63, 3.8) is 0 Å². The fraction of sp³-hybridized carbons (Fsp3) is 0.0323. The second-order valence-electron chi connectivity index (χ2n) is 8.64. The number of rotatable bonds is 10. The van der Waals surface area contributed by atoms with Crippen molar-refractivity contribution >= 4 is 68.0 Å². The Morgan fingerprint density at radius 2 is 1.00 bits per heavy atom. The van der Waals surface area contributed by atoms with Gasteiger partial charge in [-0.2, -0.15) is 10.2 Å². The van der Waals surface area contributed by atoms with Crippen molar-refractivity contribution in [1.29, 1.82) is 0 Å². The second-order valence-corrected chi connectivity index (χ2v) is 10.5. The number of hydrazone groups is 2. The third-order valence-corrected chi connectivity index (χ3v) is 6.46. The predicted octanol–water partition coefficient (Wildman–Crippen LogP) is 5.64. The molecule has 10 nitrogen and oxygen atoms in total. The standard InChI is InChI=1S/C31H22Br2N4O6/c32-24-11-13-26(42-30(40)20-7-3-1-4-8-20)22(15-24)18-34-36-28(38)17-29(39)37-35-19-23-16-25(33)12-14-27(23)43-31(41)21-9-5-2-6-10-21/h1-16,18-19H,17H2,(H,36,38)(H,37,39)/b34-18+,35-19?. The molecule has 0 fully saturated rings. The Hall–Kier alpha value is -4.94. The number of hydrogen-bond donors (Lipinski definition) is 2. The number of halogens is 2. The van der Waals surface area contributed by atoms with E-state index in [9.17, 15) is 19.2 Å². The zero-order valence-corrected chi connectivity index (χ0v) is 25.4. The third kappa shape index (κ3) is 9.55. The summed E-state index contributed by atoms with van der Waals surface area (Å²) in [5, 5.41) is 7.74. The van der Waals surface area contributed by atoms with E-state index in [1.165, 1.54) is 12.4 Å². The average Bonchev–Trinajstić information content (AvgIpc) is 3.00. The van der Waals surface area contributed by atoms with Crippen LogP contribution in [0.3, 0.4) is 0 Å². The molecule has 43 heavy (non-hydrogen) atoms. The Balaban J connectivity index is 1.31. The van der Waals surface area contributed by atoms with Gasteiger partial charge >= 0.3 is 11.9 Å². The lowest BCUT2D eigenvalue weighted by molar-refractivity contribution is -0.129. The summed E-state index contributed by atoms with van der Waals surface area (Å²) in [6, 6.07) is 26.8. The van der Waals surface area contributed by atoms with Gasteiger partial charge < -0.3 is 9.47 Å². The summed E-state index contributed by atoms with van der Waals surface area (Å²) in [4.78, 5) is 49.4. The number of benzene rings is 4. The van der Waals surface area contributed by atoms with Gasteiger partial charge in [-0.25, -0.2) is 20.4 Å². The van der Waals surface area contributed by atoms with Crippen molar-refractivity contribution < 1.29 is 28.7 Å².